The van der Waals surface area contributed by atoms with Gasteiger partial charge in [-0.05, 0) is 50.3 Å². The summed E-state index contributed by atoms with van der Waals surface area (Å²) in [6, 6.07) is 13.6. The lowest BCUT2D eigenvalue weighted by Gasteiger charge is -2.20. The lowest BCUT2D eigenvalue weighted by atomic mass is 10.1. The molecule has 0 aliphatic carbocycles. The molecular weight excluding hydrogens is 338 g/mol. The first kappa shape index (κ1) is 17.4. The van der Waals surface area contributed by atoms with E-state index in [0.29, 0.717) is 18.8 Å². The molecule has 25 heavy (non-hydrogen) atoms. The lowest BCUT2D eigenvalue weighted by Crippen LogP contribution is -2.36. The van der Waals surface area contributed by atoms with Crippen molar-refractivity contribution in [2.75, 3.05) is 36.8 Å². The third kappa shape index (κ3) is 3.83. The Hall–Kier alpha value is -2.38. The van der Waals surface area contributed by atoms with Crippen molar-refractivity contribution in [3.05, 3.63) is 54.1 Å². The number of likely N-dealkylation sites (N-methyl/N-ethyl adjacent to an activating group) is 1. The number of hydrogen-bond donors (Lipinski definition) is 1. The SMILES string of the molecule is CN(C)CC(=O)N1CCc2ccc(NS(=O)(=O)c3ccccc3)cc21. The number of anilines is 2. The van der Waals surface area contributed by atoms with Crippen molar-refractivity contribution in [1.29, 1.82) is 0 Å². The van der Waals surface area contributed by atoms with E-state index in [1.165, 1.54) is 0 Å². The molecule has 3 rings (SSSR count). The zero-order valence-electron chi connectivity index (χ0n) is 14.3. The molecule has 1 amide bonds. The highest BCUT2D eigenvalue weighted by Crippen LogP contribution is 2.31. The number of benzene rings is 2. The molecule has 7 heteroatoms. The van der Waals surface area contributed by atoms with E-state index in [2.05, 4.69) is 4.72 Å². The predicted molar refractivity (Wildman–Crippen MR) is 98.3 cm³/mol. The zero-order chi connectivity index (χ0) is 18.0. The molecule has 0 radical (unpaired) electrons. The van der Waals surface area contributed by atoms with Crippen molar-refractivity contribution >= 4 is 27.3 Å². The van der Waals surface area contributed by atoms with Crippen molar-refractivity contribution in [3.8, 4) is 0 Å². The number of carbonyl (C=O) groups is 1. The van der Waals surface area contributed by atoms with Crippen LogP contribution in [0.1, 0.15) is 5.56 Å². The smallest absolute Gasteiger partial charge is 0.261 e. The molecule has 1 N–H and O–H groups in total. The van der Waals surface area contributed by atoms with Crippen molar-refractivity contribution in [2.24, 2.45) is 0 Å². The molecule has 1 heterocycles. The minimum absolute atomic E-state index is 0.00631. The van der Waals surface area contributed by atoms with Gasteiger partial charge in [0, 0.05) is 12.2 Å². The first-order valence-corrected chi connectivity index (χ1v) is 9.51. The molecule has 2 aromatic carbocycles. The maximum atomic E-state index is 12.5. The third-order valence-electron chi connectivity index (χ3n) is 4.04. The summed E-state index contributed by atoms with van der Waals surface area (Å²) in [4.78, 5) is 16.1. The Morgan fingerprint density at radius 1 is 1.16 bits per heavy atom. The van der Waals surface area contributed by atoms with Crippen LogP contribution in [0.3, 0.4) is 0 Å². The van der Waals surface area contributed by atoms with Crippen LogP contribution in [0.4, 0.5) is 11.4 Å². The Morgan fingerprint density at radius 2 is 1.88 bits per heavy atom. The molecule has 0 aromatic heterocycles. The molecule has 0 atom stereocenters. The Bertz CT molecular complexity index is 880. The highest BCUT2D eigenvalue weighted by molar-refractivity contribution is 7.92. The monoisotopic (exact) mass is 359 g/mol. The zero-order valence-corrected chi connectivity index (χ0v) is 15.1. The molecule has 6 nitrogen and oxygen atoms in total. The molecule has 2 aromatic rings. The summed E-state index contributed by atoms with van der Waals surface area (Å²) in [6.45, 7) is 0.941. The number of carbonyl (C=O) groups excluding carboxylic acids is 1. The van der Waals surface area contributed by atoms with Crippen molar-refractivity contribution in [2.45, 2.75) is 11.3 Å². The fourth-order valence-corrected chi connectivity index (χ4v) is 3.94. The van der Waals surface area contributed by atoms with E-state index in [1.54, 1.807) is 47.4 Å². The Kier molecular flexibility index (Phi) is 4.78. The summed E-state index contributed by atoms with van der Waals surface area (Å²) in [7, 11) is 0.0439. The van der Waals surface area contributed by atoms with E-state index in [0.717, 1.165) is 17.7 Å². The maximum Gasteiger partial charge on any atom is 0.261 e. The van der Waals surface area contributed by atoms with Crippen LogP contribution in [0.15, 0.2) is 53.4 Å². The van der Waals surface area contributed by atoms with E-state index >= 15 is 0 Å². The quantitative estimate of drug-likeness (QED) is 0.886. The molecule has 0 fully saturated rings. The lowest BCUT2D eigenvalue weighted by molar-refractivity contribution is -0.119. The molecule has 0 saturated carbocycles. The van der Waals surface area contributed by atoms with Crippen LogP contribution >= 0.6 is 0 Å². The average Bonchev–Trinajstić information content (AvgIpc) is 2.98. The second-order valence-electron chi connectivity index (χ2n) is 6.30. The Labute approximate surface area is 148 Å². The fraction of sp³-hybridized carbons (Fsp3) is 0.278. The normalized spacial score (nSPS) is 13.8. The van der Waals surface area contributed by atoms with Gasteiger partial charge in [-0.2, -0.15) is 0 Å². The molecule has 1 aliphatic rings. The number of nitrogens with zero attached hydrogens (tertiary/aromatic N) is 2. The van der Waals surface area contributed by atoms with Gasteiger partial charge in [0.05, 0.1) is 17.1 Å². The largest absolute Gasteiger partial charge is 0.311 e. The highest BCUT2D eigenvalue weighted by atomic mass is 32.2. The molecule has 0 bridgehead atoms. The highest BCUT2D eigenvalue weighted by Gasteiger charge is 2.25. The van der Waals surface area contributed by atoms with Crippen molar-refractivity contribution < 1.29 is 13.2 Å². The van der Waals surface area contributed by atoms with E-state index < -0.39 is 10.0 Å². The van der Waals surface area contributed by atoms with E-state index in [9.17, 15) is 13.2 Å². The van der Waals surface area contributed by atoms with Crippen LogP contribution in [-0.4, -0.2) is 46.4 Å². The van der Waals surface area contributed by atoms with Crippen LogP contribution in [0.2, 0.25) is 0 Å². The minimum atomic E-state index is -3.65. The number of rotatable bonds is 5. The summed E-state index contributed by atoms with van der Waals surface area (Å²) in [5.74, 6) is 0.00631. The van der Waals surface area contributed by atoms with Gasteiger partial charge in [-0.25, -0.2) is 8.42 Å². The van der Waals surface area contributed by atoms with Gasteiger partial charge in [-0.1, -0.05) is 24.3 Å². The van der Waals surface area contributed by atoms with Gasteiger partial charge in [-0.3, -0.25) is 9.52 Å². The predicted octanol–water partition coefficient (Wildman–Crippen LogP) is 1.94. The van der Waals surface area contributed by atoms with E-state index in [-0.39, 0.29) is 10.8 Å². The molecule has 0 spiro atoms. The molecular formula is C18H21N3O3S. The standard InChI is InChI=1S/C18H21N3O3S/c1-20(2)13-18(22)21-11-10-14-8-9-15(12-17(14)21)19-25(23,24)16-6-4-3-5-7-16/h3-9,12,19H,10-11,13H2,1-2H3. The second-order valence-corrected chi connectivity index (χ2v) is 7.98. The van der Waals surface area contributed by atoms with Gasteiger partial charge in [0.1, 0.15) is 0 Å². The molecule has 0 unspecified atom stereocenters. The van der Waals surface area contributed by atoms with Crippen molar-refractivity contribution in [1.82, 2.24) is 4.90 Å². The van der Waals surface area contributed by atoms with Crippen LogP contribution in [0.25, 0.3) is 0 Å². The van der Waals surface area contributed by atoms with Gasteiger partial charge in [0.2, 0.25) is 5.91 Å². The first-order chi connectivity index (χ1) is 11.9. The molecule has 1 aliphatic heterocycles. The van der Waals surface area contributed by atoms with Gasteiger partial charge < -0.3 is 9.80 Å². The van der Waals surface area contributed by atoms with Crippen LogP contribution in [-0.2, 0) is 21.2 Å². The Balaban J connectivity index is 1.85. The summed E-state index contributed by atoms with van der Waals surface area (Å²) in [6.07, 6.45) is 0.778. The Morgan fingerprint density at radius 3 is 2.56 bits per heavy atom. The first-order valence-electron chi connectivity index (χ1n) is 8.03. The van der Waals surface area contributed by atoms with E-state index in [1.807, 2.05) is 25.1 Å². The summed E-state index contributed by atoms with van der Waals surface area (Å²) in [5, 5.41) is 0. The second kappa shape index (κ2) is 6.85. The number of sulfonamides is 1. The molecule has 0 saturated heterocycles. The number of hydrogen-bond acceptors (Lipinski definition) is 4. The number of nitrogens with one attached hydrogen (secondary N) is 1. The van der Waals surface area contributed by atoms with E-state index in [4.69, 9.17) is 0 Å². The van der Waals surface area contributed by atoms with Gasteiger partial charge >= 0.3 is 0 Å². The van der Waals surface area contributed by atoms with Gasteiger partial charge in [-0.15, -0.1) is 0 Å². The van der Waals surface area contributed by atoms with Gasteiger partial charge in [0.15, 0.2) is 0 Å². The summed E-state index contributed by atoms with van der Waals surface area (Å²) >= 11 is 0. The maximum absolute atomic E-state index is 12.5. The van der Waals surface area contributed by atoms with Gasteiger partial charge in [0.25, 0.3) is 10.0 Å². The summed E-state index contributed by atoms with van der Waals surface area (Å²) < 4.78 is 27.5. The third-order valence-corrected chi connectivity index (χ3v) is 5.44. The summed E-state index contributed by atoms with van der Waals surface area (Å²) in [5.41, 5.74) is 2.28. The fourth-order valence-electron chi connectivity index (χ4n) is 2.87. The van der Waals surface area contributed by atoms with Crippen LogP contribution in [0, 0.1) is 0 Å². The van der Waals surface area contributed by atoms with Crippen LogP contribution in [0.5, 0.6) is 0 Å². The number of amides is 1. The minimum Gasteiger partial charge on any atom is -0.311 e. The average molecular weight is 359 g/mol. The van der Waals surface area contributed by atoms with Crippen molar-refractivity contribution in [3.63, 3.8) is 0 Å². The molecule has 132 valence electrons. The topological polar surface area (TPSA) is 69.7 Å². The van der Waals surface area contributed by atoms with Crippen LogP contribution < -0.4 is 9.62 Å². The number of fused-ring (bicyclic) bond motifs is 1.